The van der Waals surface area contributed by atoms with E-state index in [9.17, 15) is 9.36 Å². The zero-order valence-corrected chi connectivity index (χ0v) is 9.21. The van der Waals surface area contributed by atoms with Crippen molar-refractivity contribution in [3.05, 3.63) is 0 Å². The Balaban J connectivity index is 4.34. The zero-order valence-electron chi connectivity index (χ0n) is 8.32. The number of aliphatic hydroxyl groups excluding tert-OH is 4. The molecular formula is C6H13O10P. The summed E-state index contributed by atoms with van der Waals surface area (Å²) in [6, 6.07) is 0. The molecule has 0 fully saturated rings. The lowest BCUT2D eigenvalue weighted by molar-refractivity contribution is -0.164. The quantitative estimate of drug-likeness (QED) is 0.231. The molecule has 0 radical (unpaired) electrons. The molecule has 0 heterocycles. The first-order valence-corrected chi connectivity index (χ1v) is 5.74. The van der Waals surface area contributed by atoms with Gasteiger partial charge in [0.15, 0.2) is 6.10 Å². The third-order valence-corrected chi connectivity index (χ3v) is 2.22. The Morgan fingerprint density at radius 1 is 1.12 bits per heavy atom. The third kappa shape index (κ3) is 6.05. The van der Waals surface area contributed by atoms with Crippen molar-refractivity contribution in [2.45, 2.75) is 24.4 Å². The van der Waals surface area contributed by atoms with Gasteiger partial charge >= 0.3 is 13.8 Å². The van der Waals surface area contributed by atoms with Crippen LogP contribution in [0.2, 0.25) is 0 Å². The Kier molecular flexibility index (Phi) is 6.16. The summed E-state index contributed by atoms with van der Waals surface area (Å²) in [7, 11) is -4.86. The Labute approximate surface area is 94.9 Å². The molecular weight excluding hydrogens is 263 g/mol. The van der Waals surface area contributed by atoms with Crippen molar-refractivity contribution in [3.63, 3.8) is 0 Å². The standard InChI is InChI=1S/C6H13O10P/c7-2(1-16-17(13,14)15)3(8)4(9)5(10)6(11)12/h2-5,7-10H,1H2,(H,11,12)(H2,13,14,15). The zero-order chi connectivity index (χ0) is 13.8. The molecule has 11 heteroatoms. The molecule has 4 atom stereocenters. The maximum atomic E-state index is 10.2. The highest BCUT2D eigenvalue weighted by Gasteiger charge is 2.35. The molecule has 0 aliphatic carbocycles. The molecule has 0 amide bonds. The molecule has 0 aromatic heterocycles. The molecule has 0 spiro atoms. The summed E-state index contributed by atoms with van der Waals surface area (Å²) in [5.74, 6) is -1.83. The van der Waals surface area contributed by atoms with Gasteiger partial charge in [0.05, 0.1) is 6.61 Å². The summed E-state index contributed by atoms with van der Waals surface area (Å²) >= 11 is 0. The molecule has 0 saturated carbocycles. The first kappa shape index (κ1) is 16.4. The van der Waals surface area contributed by atoms with Gasteiger partial charge in [0, 0.05) is 0 Å². The number of carbonyl (C=O) groups is 1. The summed E-state index contributed by atoms with van der Waals surface area (Å²) in [6.45, 7) is -1.05. The maximum absolute atomic E-state index is 10.2. The minimum atomic E-state index is -4.86. The minimum Gasteiger partial charge on any atom is -0.479 e. The van der Waals surface area contributed by atoms with Crippen molar-refractivity contribution in [2.24, 2.45) is 0 Å². The number of phosphoric acid groups is 1. The number of carboxylic acid groups (broad SMARTS) is 1. The third-order valence-electron chi connectivity index (χ3n) is 1.73. The van der Waals surface area contributed by atoms with Crippen LogP contribution in [0.25, 0.3) is 0 Å². The van der Waals surface area contributed by atoms with Gasteiger partial charge < -0.3 is 35.3 Å². The second-order valence-corrected chi connectivity index (χ2v) is 4.36. The van der Waals surface area contributed by atoms with Crippen LogP contribution in [-0.4, -0.2) is 72.3 Å². The number of hydrogen-bond acceptors (Lipinski definition) is 7. The lowest BCUT2D eigenvalue weighted by Gasteiger charge is -2.24. The van der Waals surface area contributed by atoms with Crippen molar-refractivity contribution < 1.29 is 49.2 Å². The van der Waals surface area contributed by atoms with E-state index in [2.05, 4.69) is 4.52 Å². The van der Waals surface area contributed by atoms with Gasteiger partial charge in [0.1, 0.15) is 18.3 Å². The molecule has 0 rings (SSSR count). The molecule has 0 aromatic carbocycles. The monoisotopic (exact) mass is 276 g/mol. The van der Waals surface area contributed by atoms with Crippen molar-refractivity contribution in [3.8, 4) is 0 Å². The van der Waals surface area contributed by atoms with Crippen LogP contribution in [0.5, 0.6) is 0 Å². The number of phosphoric ester groups is 1. The van der Waals surface area contributed by atoms with E-state index in [4.69, 9.17) is 35.3 Å². The Bertz CT molecular complexity index is 299. The highest BCUT2D eigenvalue weighted by Crippen LogP contribution is 2.35. The van der Waals surface area contributed by atoms with E-state index in [1.165, 1.54) is 0 Å². The van der Waals surface area contributed by atoms with Crippen LogP contribution >= 0.6 is 7.82 Å². The van der Waals surface area contributed by atoms with Crippen LogP contribution in [-0.2, 0) is 13.9 Å². The van der Waals surface area contributed by atoms with E-state index >= 15 is 0 Å². The average molecular weight is 276 g/mol. The minimum absolute atomic E-state index is 1.05. The van der Waals surface area contributed by atoms with Crippen molar-refractivity contribution in [2.75, 3.05) is 6.61 Å². The molecule has 17 heavy (non-hydrogen) atoms. The van der Waals surface area contributed by atoms with Crippen molar-refractivity contribution in [1.82, 2.24) is 0 Å². The lowest BCUT2D eigenvalue weighted by atomic mass is 10.0. The second kappa shape index (κ2) is 6.38. The van der Waals surface area contributed by atoms with E-state index in [1.54, 1.807) is 0 Å². The van der Waals surface area contributed by atoms with E-state index < -0.39 is 44.8 Å². The molecule has 4 unspecified atom stereocenters. The number of carboxylic acids is 1. The Morgan fingerprint density at radius 3 is 1.94 bits per heavy atom. The molecule has 0 bridgehead atoms. The highest BCUT2D eigenvalue weighted by atomic mass is 31.2. The highest BCUT2D eigenvalue weighted by molar-refractivity contribution is 7.46. The van der Waals surface area contributed by atoms with Crippen LogP contribution in [0.1, 0.15) is 0 Å². The smallest absolute Gasteiger partial charge is 0.469 e. The van der Waals surface area contributed by atoms with Gasteiger partial charge in [-0.25, -0.2) is 9.36 Å². The molecule has 0 saturated heterocycles. The largest absolute Gasteiger partial charge is 0.479 e. The average Bonchev–Trinajstić information content (AvgIpc) is 2.21. The molecule has 0 aromatic rings. The first-order chi connectivity index (χ1) is 7.56. The van der Waals surface area contributed by atoms with E-state index in [0.717, 1.165) is 0 Å². The predicted molar refractivity (Wildman–Crippen MR) is 49.7 cm³/mol. The fourth-order valence-corrected chi connectivity index (χ4v) is 1.18. The van der Waals surface area contributed by atoms with Gasteiger partial charge in [0.25, 0.3) is 0 Å². The van der Waals surface area contributed by atoms with E-state index in [1.807, 2.05) is 0 Å². The number of rotatable bonds is 7. The molecule has 0 aliphatic rings. The summed E-state index contributed by atoms with van der Waals surface area (Å²) in [5, 5.41) is 44.4. The van der Waals surface area contributed by atoms with E-state index in [0.29, 0.717) is 0 Å². The normalized spacial score (nSPS) is 19.4. The Morgan fingerprint density at radius 2 is 1.59 bits per heavy atom. The molecule has 102 valence electrons. The number of aliphatic hydroxyl groups is 4. The summed E-state index contributed by atoms with van der Waals surface area (Å²) in [6.07, 6.45) is -8.71. The maximum Gasteiger partial charge on any atom is 0.469 e. The van der Waals surface area contributed by atoms with Crippen molar-refractivity contribution >= 4 is 13.8 Å². The van der Waals surface area contributed by atoms with Gasteiger partial charge in [-0.05, 0) is 0 Å². The molecule has 0 aliphatic heterocycles. The van der Waals surface area contributed by atoms with Gasteiger partial charge in [-0.3, -0.25) is 4.52 Å². The molecule has 10 nitrogen and oxygen atoms in total. The van der Waals surface area contributed by atoms with Crippen LogP contribution in [0.4, 0.5) is 0 Å². The molecule has 7 N–H and O–H groups in total. The summed E-state index contributed by atoms with van der Waals surface area (Å²) in [4.78, 5) is 26.8. The number of hydrogen-bond donors (Lipinski definition) is 7. The van der Waals surface area contributed by atoms with Gasteiger partial charge in [0.2, 0.25) is 0 Å². The van der Waals surface area contributed by atoms with Crippen molar-refractivity contribution in [1.29, 1.82) is 0 Å². The Hall–Kier alpha value is -0.580. The van der Waals surface area contributed by atoms with Gasteiger partial charge in [-0.1, -0.05) is 0 Å². The van der Waals surface area contributed by atoms with Crippen LogP contribution in [0, 0.1) is 0 Å². The number of aliphatic carboxylic acids is 1. The fourth-order valence-electron chi connectivity index (χ4n) is 0.833. The van der Waals surface area contributed by atoms with Gasteiger partial charge in [-0.15, -0.1) is 0 Å². The predicted octanol–water partition coefficient (Wildman–Crippen LogP) is -3.38. The topological polar surface area (TPSA) is 185 Å². The van der Waals surface area contributed by atoms with Gasteiger partial charge in [-0.2, -0.15) is 0 Å². The summed E-state index contributed by atoms with van der Waals surface area (Å²) in [5.41, 5.74) is 0. The van der Waals surface area contributed by atoms with Crippen LogP contribution in [0.15, 0.2) is 0 Å². The lowest BCUT2D eigenvalue weighted by Crippen LogP contribution is -2.48. The summed E-state index contributed by atoms with van der Waals surface area (Å²) < 4.78 is 14.1. The SMILES string of the molecule is O=C(O)C(O)C(O)C(O)C(O)COP(=O)(O)O. The van der Waals surface area contributed by atoms with Crippen LogP contribution < -0.4 is 0 Å². The van der Waals surface area contributed by atoms with Crippen LogP contribution in [0.3, 0.4) is 0 Å². The fraction of sp³-hybridized carbons (Fsp3) is 0.833. The van der Waals surface area contributed by atoms with E-state index in [-0.39, 0.29) is 0 Å². The first-order valence-electron chi connectivity index (χ1n) is 4.21. The second-order valence-electron chi connectivity index (χ2n) is 3.12.